The number of ether oxygens (including phenoxy) is 1. The molecule has 8 nitrogen and oxygen atoms in total. The van der Waals surface area contributed by atoms with Crippen molar-refractivity contribution in [3.05, 3.63) is 30.2 Å². The molecule has 12 heteroatoms. The van der Waals surface area contributed by atoms with Crippen LogP contribution in [0.15, 0.2) is 29.4 Å². The second kappa shape index (κ2) is 7.44. The summed E-state index contributed by atoms with van der Waals surface area (Å²) in [5.41, 5.74) is 1.20. The van der Waals surface area contributed by atoms with Crippen molar-refractivity contribution in [1.29, 1.82) is 0 Å². The Kier molecular flexibility index (Phi) is 4.89. The van der Waals surface area contributed by atoms with Crippen LogP contribution in [0.5, 0.6) is 5.75 Å². The molecule has 0 amide bonds. The van der Waals surface area contributed by atoms with Crippen LogP contribution in [-0.2, 0) is 29.9 Å². The van der Waals surface area contributed by atoms with E-state index in [1.807, 2.05) is 0 Å². The number of hydrogen-bond donors (Lipinski definition) is 0. The Morgan fingerprint density at radius 1 is 1.18 bits per heavy atom. The van der Waals surface area contributed by atoms with Crippen LogP contribution < -0.4 is 4.74 Å². The van der Waals surface area contributed by atoms with Gasteiger partial charge in [0.1, 0.15) is 22.6 Å². The van der Waals surface area contributed by atoms with Crippen LogP contribution in [0.25, 0.3) is 33.5 Å². The highest BCUT2D eigenvalue weighted by atomic mass is 32.2. The summed E-state index contributed by atoms with van der Waals surface area (Å²) in [5, 5.41) is 0.538. The van der Waals surface area contributed by atoms with E-state index in [0.717, 1.165) is 12.8 Å². The molecule has 0 unspecified atom stereocenters. The third kappa shape index (κ3) is 3.52. The number of rotatable bonds is 4. The van der Waals surface area contributed by atoms with E-state index < -0.39 is 21.9 Å². The van der Waals surface area contributed by atoms with Gasteiger partial charge in [-0.3, -0.25) is 0 Å². The van der Waals surface area contributed by atoms with E-state index in [2.05, 4.69) is 19.7 Å². The standard InChI is InChI=1S/C21H20F3N5O3S/c1-3-33(30,31)20-17(27-15-9-4-5-10-29(15)20)19-26-13-11-25-16-12(18(13)28(19)2)7-6-8-14(16)32-21(22,23)24/h6-8,11H,3-5,9-10H2,1-2H3. The average Bonchev–Trinajstić information content (AvgIpc) is 3.31. The first-order chi connectivity index (χ1) is 15.6. The largest absolute Gasteiger partial charge is 0.573 e. The minimum atomic E-state index is -4.86. The SMILES string of the molecule is CCS(=O)(=O)c1c(-c2nc3cnc4c(OC(F)(F)F)cccc4c3n2C)nc2n1CCCC2. The Labute approximate surface area is 186 Å². The lowest BCUT2D eigenvalue weighted by molar-refractivity contribution is -0.274. The topological polar surface area (TPSA) is 91.9 Å². The van der Waals surface area contributed by atoms with Crippen LogP contribution in [0.3, 0.4) is 0 Å². The Morgan fingerprint density at radius 3 is 2.70 bits per heavy atom. The number of aryl methyl sites for hydroxylation is 2. The van der Waals surface area contributed by atoms with E-state index in [1.165, 1.54) is 18.3 Å². The van der Waals surface area contributed by atoms with Gasteiger partial charge >= 0.3 is 6.36 Å². The monoisotopic (exact) mass is 479 g/mol. The summed E-state index contributed by atoms with van der Waals surface area (Å²) in [6, 6.07) is 4.27. The molecule has 4 heterocycles. The van der Waals surface area contributed by atoms with E-state index in [9.17, 15) is 21.6 Å². The molecule has 5 rings (SSSR count). The van der Waals surface area contributed by atoms with Gasteiger partial charge in [-0.15, -0.1) is 13.2 Å². The minimum Gasteiger partial charge on any atom is -0.403 e. The second-order valence-electron chi connectivity index (χ2n) is 7.88. The normalized spacial score (nSPS) is 14.7. The molecule has 0 saturated carbocycles. The zero-order chi connectivity index (χ0) is 23.5. The van der Waals surface area contributed by atoms with E-state index in [4.69, 9.17) is 0 Å². The molecule has 0 bridgehead atoms. The molecule has 0 fully saturated rings. The zero-order valence-corrected chi connectivity index (χ0v) is 18.7. The lowest BCUT2D eigenvalue weighted by Crippen LogP contribution is -2.17. The summed E-state index contributed by atoms with van der Waals surface area (Å²) >= 11 is 0. The van der Waals surface area contributed by atoms with Gasteiger partial charge in [-0.25, -0.2) is 23.4 Å². The minimum absolute atomic E-state index is 0.0300. The summed E-state index contributed by atoms with van der Waals surface area (Å²) < 4.78 is 72.1. The number of nitrogens with zero attached hydrogens (tertiary/aromatic N) is 5. The molecule has 1 aliphatic rings. The van der Waals surface area contributed by atoms with Crippen LogP contribution in [-0.4, -0.2) is 44.6 Å². The third-order valence-electron chi connectivity index (χ3n) is 5.84. The van der Waals surface area contributed by atoms with Gasteiger partial charge in [-0.2, -0.15) is 0 Å². The van der Waals surface area contributed by atoms with Crippen LogP contribution in [0.2, 0.25) is 0 Å². The molecule has 4 aromatic rings. The first-order valence-electron chi connectivity index (χ1n) is 10.4. The summed E-state index contributed by atoms with van der Waals surface area (Å²) in [7, 11) is -1.93. The summed E-state index contributed by atoms with van der Waals surface area (Å²) in [6.07, 6.45) is -1.07. The number of fused-ring (bicyclic) bond motifs is 4. The molecular weight excluding hydrogens is 459 g/mol. The Morgan fingerprint density at radius 2 is 1.97 bits per heavy atom. The molecule has 174 valence electrons. The molecule has 0 saturated heterocycles. The van der Waals surface area contributed by atoms with Gasteiger partial charge in [0, 0.05) is 25.4 Å². The van der Waals surface area contributed by atoms with Crippen molar-refractivity contribution in [2.45, 2.75) is 44.1 Å². The lowest BCUT2D eigenvalue weighted by atomic mass is 10.2. The molecule has 1 aromatic carbocycles. The molecule has 0 spiro atoms. The average molecular weight is 479 g/mol. The number of halogens is 3. The molecule has 33 heavy (non-hydrogen) atoms. The predicted molar refractivity (Wildman–Crippen MR) is 115 cm³/mol. The molecule has 0 atom stereocenters. The number of aromatic nitrogens is 5. The number of benzene rings is 1. The number of pyridine rings is 1. The van der Waals surface area contributed by atoms with Crippen LogP contribution >= 0.6 is 0 Å². The lowest BCUT2D eigenvalue weighted by Gasteiger charge is -2.16. The van der Waals surface area contributed by atoms with Crippen molar-refractivity contribution in [3.8, 4) is 17.3 Å². The van der Waals surface area contributed by atoms with Gasteiger partial charge in [-0.1, -0.05) is 19.1 Å². The predicted octanol–water partition coefficient (Wildman–Crippen LogP) is 4.01. The van der Waals surface area contributed by atoms with Crippen molar-refractivity contribution in [1.82, 2.24) is 24.1 Å². The highest BCUT2D eigenvalue weighted by Gasteiger charge is 2.33. The van der Waals surface area contributed by atoms with Gasteiger partial charge in [0.25, 0.3) is 0 Å². The van der Waals surface area contributed by atoms with E-state index >= 15 is 0 Å². The summed E-state index contributed by atoms with van der Waals surface area (Å²) in [5.74, 6) is 0.503. The Bertz CT molecular complexity index is 1510. The Balaban J connectivity index is 1.78. The van der Waals surface area contributed by atoms with Crippen molar-refractivity contribution in [2.24, 2.45) is 7.05 Å². The van der Waals surface area contributed by atoms with Crippen LogP contribution in [0, 0.1) is 0 Å². The number of para-hydroxylation sites is 1. The molecule has 0 radical (unpaired) electrons. The molecular formula is C21H20F3N5O3S. The van der Waals surface area contributed by atoms with E-state index in [0.29, 0.717) is 41.0 Å². The highest BCUT2D eigenvalue weighted by molar-refractivity contribution is 7.91. The maximum atomic E-state index is 13.0. The molecule has 0 N–H and O–H groups in total. The fourth-order valence-electron chi connectivity index (χ4n) is 4.37. The maximum Gasteiger partial charge on any atom is 0.573 e. The van der Waals surface area contributed by atoms with Gasteiger partial charge in [0.15, 0.2) is 26.4 Å². The fourth-order valence-corrected chi connectivity index (χ4v) is 5.61. The van der Waals surface area contributed by atoms with Gasteiger partial charge in [-0.05, 0) is 18.9 Å². The first-order valence-corrected chi connectivity index (χ1v) is 12.1. The highest BCUT2D eigenvalue weighted by Crippen LogP contribution is 2.36. The second-order valence-corrected chi connectivity index (χ2v) is 10.1. The van der Waals surface area contributed by atoms with Crippen molar-refractivity contribution >= 4 is 31.8 Å². The van der Waals surface area contributed by atoms with Crippen LogP contribution in [0.1, 0.15) is 25.6 Å². The molecule has 3 aromatic heterocycles. The fraction of sp³-hybridized carbons (Fsp3) is 0.381. The maximum absolute atomic E-state index is 13.0. The van der Waals surface area contributed by atoms with Crippen molar-refractivity contribution in [3.63, 3.8) is 0 Å². The van der Waals surface area contributed by atoms with Crippen LogP contribution in [0.4, 0.5) is 13.2 Å². The quantitative estimate of drug-likeness (QED) is 0.439. The van der Waals surface area contributed by atoms with E-state index in [-0.39, 0.29) is 22.0 Å². The van der Waals surface area contributed by atoms with E-state index in [1.54, 1.807) is 29.2 Å². The van der Waals surface area contributed by atoms with Gasteiger partial charge in [0.2, 0.25) is 0 Å². The zero-order valence-electron chi connectivity index (χ0n) is 17.8. The van der Waals surface area contributed by atoms with Gasteiger partial charge in [0.05, 0.1) is 17.5 Å². The number of alkyl halides is 3. The number of sulfone groups is 1. The summed E-state index contributed by atoms with van der Waals surface area (Å²) in [4.78, 5) is 13.4. The van der Waals surface area contributed by atoms with Crippen molar-refractivity contribution in [2.75, 3.05) is 5.75 Å². The number of imidazole rings is 2. The molecule has 0 aliphatic carbocycles. The van der Waals surface area contributed by atoms with Gasteiger partial charge < -0.3 is 13.9 Å². The third-order valence-corrected chi connectivity index (χ3v) is 7.60. The van der Waals surface area contributed by atoms with Crippen molar-refractivity contribution < 1.29 is 26.3 Å². The number of hydrogen-bond acceptors (Lipinski definition) is 6. The summed E-state index contributed by atoms with van der Waals surface area (Å²) in [6.45, 7) is 2.14. The smallest absolute Gasteiger partial charge is 0.403 e. The Hall–Kier alpha value is -3.15. The molecule has 1 aliphatic heterocycles. The first kappa shape index (κ1) is 21.7.